The fraction of sp³-hybridized carbons (Fsp3) is 0.538. The number of nitrogens with two attached hydrogens (primary N) is 1. The van der Waals surface area contributed by atoms with Gasteiger partial charge in [-0.1, -0.05) is 12.1 Å². The normalized spacial score (nSPS) is 11.8. The Labute approximate surface area is 97.0 Å². The highest BCUT2D eigenvalue weighted by atomic mass is 19.1. The Morgan fingerprint density at radius 3 is 2.75 bits per heavy atom. The van der Waals surface area contributed by atoms with Gasteiger partial charge in [-0.15, -0.1) is 0 Å². The summed E-state index contributed by atoms with van der Waals surface area (Å²) in [6.45, 7) is 5.79. The van der Waals surface area contributed by atoms with Crippen molar-refractivity contribution in [2.75, 3.05) is 13.1 Å². The Hall–Kier alpha value is -0.930. The molecule has 0 unspecified atom stereocenters. The van der Waals surface area contributed by atoms with Gasteiger partial charge < -0.3 is 11.1 Å². The highest BCUT2D eigenvalue weighted by molar-refractivity contribution is 5.16. The molecule has 0 saturated carbocycles. The van der Waals surface area contributed by atoms with E-state index in [1.54, 1.807) is 12.1 Å². The van der Waals surface area contributed by atoms with E-state index in [4.69, 9.17) is 5.73 Å². The van der Waals surface area contributed by atoms with E-state index in [0.29, 0.717) is 6.54 Å². The van der Waals surface area contributed by atoms with Crippen LogP contribution in [0.15, 0.2) is 24.3 Å². The van der Waals surface area contributed by atoms with Gasteiger partial charge in [-0.3, -0.25) is 0 Å². The van der Waals surface area contributed by atoms with Crippen LogP contribution in [0.25, 0.3) is 0 Å². The summed E-state index contributed by atoms with van der Waals surface area (Å²) in [5, 5.41) is 3.43. The standard InChI is InChI=1S/C13H21FN2/c1-13(2,7-8-15)16-9-6-11-4-3-5-12(14)10-11/h3-5,10,16H,6-9,15H2,1-2H3. The molecule has 0 spiro atoms. The molecule has 0 aromatic heterocycles. The summed E-state index contributed by atoms with van der Waals surface area (Å²) in [6, 6.07) is 6.74. The van der Waals surface area contributed by atoms with Crippen LogP contribution in [-0.4, -0.2) is 18.6 Å². The van der Waals surface area contributed by atoms with E-state index in [-0.39, 0.29) is 11.4 Å². The third-order valence-corrected chi connectivity index (χ3v) is 2.68. The molecule has 0 bridgehead atoms. The van der Waals surface area contributed by atoms with E-state index >= 15 is 0 Å². The van der Waals surface area contributed by atoms with Gasteiger partial charge in [0.25, 0.3) is 0 Å². The maximum atomic E-state index is 12.9. The van der Waals surface area contributed by atoms with Crippen LogP contribution in [0.4, 0.5) is 4.39 Å². The molecule has 90 valence electrons. The van der Waals surface area contributed by atoms with Crippen molar-refractivity contribution in [3.8, 4) is 0 Å². The van der Waals surface area contributed by atoms with Gasteiger partial charge in [-0.25, -0.2) is 4.39 Å². The minimum atomic E-state index is -0.168. The van der Waals surface area contributed by atoms with Crippen molar-refractivity contribution in [3.05, 3.63) is 35.6 Å². The summed E-state index contributed by atoms with van der Waals surface area (Å²) >= 11 is 0. The summed E-state index contributed by atoms with van der Waals surface area (Å²) in [5.74, 6) is -0.168. The molecule has 0 heterocycles. The van der Waals surface area contributed by atoms with Crippen LogP contribution < -0.4 is 11.1 Å². The van der Waals surface area contributed by atoms with Gasteiger partial charge in [0.05, 0.1) is 0 Å². The van der Waals surface area contributed by atoms with Gasteiger partial charge in [0.1, 0.15) is 5.82 Å². The fourth-order valence-electron chi connectivity index (χ4n) is 1.69. The van der Waals surface area contributed by atoms with E-state index in [9.17, 15) is 4.39 Å². The molecule has 3 heteroatoms. The first kappa shape index (κ1) is 13.1. The third-order valence-electron chi connectivity index (χ3n) is 2.68. The average molecular weight is 224 g/mol. The Morgan fingerprint density at radius 1 is 1.38 bits per heavy atom. The van der Waals surface area contributed by atoms with Crippen molar-refractivity contribution in [1.82, 2.24) is 5.32 Å². The monoisotopic (exact) mass is 224 g/mol. The summed E-state index contributed by atoms with van der Waals surface area (Å²) in [7, 11) is 0. The second-order valence-corrected chi connectivity index (χ2v) is 4.73. The average Bonchev–Trinajstić information content (AvgIpc) is 2.17. The number of hydrogen-bond donors (Lipinski definition) is 2. The van der Waals surface area contributed by atoms with Crippen molar-refractivity contribution < 1.29 is 4.39 Å². The van der Waals surface area contributed by atoms with Crippen molar-refractivity contribution in [3.63, 3.8) is 0 Å². The van der Waals surface area contributed by atoms with Crippen molar-refractivity contribution in [2.24, 2.45) is 5.73 Å². The number of nitrogens with one attached hydrogen (secondary N) is 1. The molecule has 0 aliphatic carbocycles. The molecule has 0 aliphatic heterocycles. The molecule has 1 rings (SSSR count). The quantitative estimate of drug-likeness (QED) is 0.776. The first-order valence-corrected chi connectivity index (χ1v) is 5.73. The lowest BCUT2D eigenvalue weighted by molar-refractivity contribution is 0.370. The molecule has 1 aromatic rings. The van der Waals surface area contributed by atoms with E-state index < -0.39 is 0 Å². The van der Waals surface area contributed by atoms with Gasteiger partial charge in [-0.2, -0.15) is 0 Å². The van der Waals surface area contributed by atoms with Gasteiger partial charge in [0, 0.05) is 5.54 Å². The second kappa shape index (κ2) is 5.97. The molecule has 0 aliphatic rings. The molecular formula is C13H21FN2. The maximum absolute atomic E-state index is 12.9. The summed E-state index contributed by atoms with van der Waals surface area (Å²) in [4.78, 5) is 0. The third kappa shape index (κ3) is 4.73. The largest absolute Gasteiger partial charge is 0.330 e. The van der Waals surface area contributed by atoms with Crippen LogP contribution in [0.3, 0.4) is 0 Å². The van der Waals surface area contributed by atoms with E-state index in [1.165, 1.54) is 6.07 Å². The van der Waals surface area contributed by atoms with Gasteiger partial charge >= 0.3 is 0 Å². The molecule has 0 amide bonds. The Balaban J connectivity index is 2.35. The minimum absolute atomic E-state index is 0.0576. The molecule has 0 fully saturated rings. The van der Waals surface area contributed by atoms with Gasteiger partial charge in [0.2, 0.25) is 0 Å². The first-order chi connectivity index (χ1) is 7.53. The van der Waals surface area contributed by atoms with Crippen molar-refractivity contribution in [2.45, 2.75) is 32.2 Å². The van der Waals surface area contributed by atoms with Crippen LogP contribution in [0.1, 0.15) is 25.8 Å². The zero-order valence-corrected chi connectivity index (χ0v) is 10.1. The molecule has 0 atom stereocenters. The number of halogens is 1. The Kier molecular flexibility index (Phi) is 4.90. The number of benzene rings is 1. The van der Waals surface area contributed by atoms with Crippen LogP contribution >= 0.6 is 0 Å². The number of rotatable bonds is 6. The lowest BCUT2D eigenvalue weighted by Gasteiger charge is -2.25. The van der Waals surface area contributed by atoms with E-state index in [1.807, 2.05) is 6.07 Å². The molecule has 2 nitrogen and oxygen atoms in total. The fourth-order valence-corrected chi connectivity index (χ4v) is 1.69. The highest BCUT2D eigenvalue weighted by Gasteiger charge is 2.14. The molecule has 3 N–H and O–H groups in total. The molecular weight excluding hydrogens is 203 g/mol. The van der Waals surface area contributed by atoms with Crippen LogP contribution in [-0.2, 0) is 6.42 Å². The van der Waals surface area contributed by atoms with Crippen LogP contribution in [0.5, 0.6) is 0 Å². The minimum Gasteiger partial charge on any atom is -0.330 e. The van der Waals surface area contributed by atoms with Crippen LogP contribution in [0.2, 0.25) is 0 Å². The smallest absolute Gasteiger partial charge is 0.123 e. The molecule has 16 heavy (non-hydrogen) atoms. The highest BCUT2D eigenvalue weighted by Crippen LogP contribution is 2.08. The van der Waals surface area contributed by atoms with Crippen molar-refractivity contribution >= 4 is 0 Å². The van der Waals surface area contributed by atoms with Gasteiger partial charge in [0.15, 0.2) is 0 Å². The molecule has 0 radical (unpaired) electrons. The molecule has 0 saturated heterocycles. The maximum Gasteiger partial charge on any atom is 0.123 e. The van der Waals surface area contributed by atoms with Gasteiger partial charge in [-0.05, 0) is 57.5 Å². The zero-order valence-electron chi connectivity index (χ0n) is 10.1. The topological polar surface area (TPSA) is 38.0 Å². The zero-order chi connectivity index (χ0) is 12.0. The predicted molar refractivity (Wildman–Crippen MR) is 65.9 cm³/mol. The summed E-state index contributed by atoms with van der Waals surface area (Å²) in [5.41, 5.74) is 6.61. The van der Waals surface area contributed by atoms with Crippen molar-refractivity contribution in [1.29, 1.82) is 0 Å². The predicted octanol–water partition coefficient (Wildman–Crippen LogP) is 2.09. The summed E-state index contributed by atoms with van der Waals surface area (Å²) < 4.78 is 12.9. The lowest BCUT2D eigenvalue weighted by Crippen LogP contribution is -2.42. The Morgan fingerprint density at radius 2 is 2.12 bits per heavy atom. The Bertz CT molecular complexity index is 323. The SMILES string of the molecule is CC(C)(CCN)NCCc1cccc(F)c1. The molecule has 1 aromatic carbocycles. The van der Waals surface area contributed by atoms with E-state index in [0.717, 1.165) is 24.9 Å². The second-order valence-electron chi connectivity index (χ2n) is 4.73. The lowest BCUT2D eigenvalue weighted by atomic mass is 10.0. The number of hydrogen-bond acceptors (Lipinski definition) is 2. The first-order valence-electron chi connectivity index (χ1n) is 5.73. The van der Waals surface area contributed by atoms with E-state index in [2.05, 4.69) is 19.2 Å². The van der Waals surface area contributed by atoms with Crippen LogP contribution in [0, 0.1) is 5.82 Å². The summed E-state index contributed by atoms with van der Waals surface area (Å²) in [6.07, 6.45) is 1.78.